The van der Waals surface area contributed by atoms with Crippen LogP contribution in [0.15, 0.2) is 30.5 Å². The molecular formula is C17H11ClF3N5. The van der Waals surface area contributed by atoms with Gasteiger partial charge in [0.15, 0.2) is 5.65 Å². The molecule has 0 unspecified atom stereocenters. The quantitative estimate of drug-likeness (QED) is 0.543. The van der Waals surface area contributed by atoms with Gasteiger partial charge >= 0.3 is 6.18 Å². The molecule has 1 aromatic carbocycles. The lowest BCUT2D eigenvalue weighted by atomic mass is 10.2. The third kappa shape index (κ3) is 2.36. The van der Waals surface area contributed by atoms with Crippen molar-refractivity contribution in [3.05, 3.63) is 47.0 Å². The molecule has 0 saturated heterocycles. The van der Waals surface area contributed by atoms with Crippen LogP contribution in [0.3, 0.4) is 0 Å². The molecule has 3 aromatic heterocycles. The third-order valence-electron chi connectivity index (χ3n) is 4.51. The van der Waals surface area contributed by atoms with Crippen molar-refractivity contribution in [2.75, 3.05) is 0 Å². The zero-order valence-electron chi connectivity index (χ0n) is 13.2. The van der Waals surface area contributed by atoms with E-state index in [2.05, 4.69) is 20.2 Å². The van der Waals surface area contributed by atoms with E-state index >= 15 is 0 Å². The molecular weight excluding hydrogens is 367 g/mol. The molecule has 1 fully saturated rings. The van der Waals surface area contributed by atoms with Crippen molar-refractivity contribution in [1.29, 1.82) is 0 Å². The summed E-state index contributed by atoms with van der Waals surface area (Å²) in [7, 11) is 0. The fourth-order valence-corrected chi connectivity index (χ4v) is 3.39. The van der Waals surface area contributed by atoms with Crippen LogP contribution in [0.2, 0.25) is 5.02 Å². The number of pyridine rings is 1. The molecule has 26 heavy (non-hydrogen) atoms. The average Bonchev–Trinajstić information content (AvgIpc) is 3.19. The van der Waals surface area contributed by atoms with Crippen LogP contribution in [0.4, 0.5) is 13.2 Å². The summed E-state index contributed by atoms with van der Waals surface area (Å²) in [5.41, 5.74) is 0.977. The normalized spacial score (nSPS) is 15.2. The molecule has 132 valence electrons. The van der Waals surface area contributed by atoms with Crippen LogP contribution in [0.25, 0.3) is 27.8 Å². The predicted molar refractivity (Wildman–Crippen MR) is 90.5 cm³/mol. The summed E-state index contributed by atoms with van der Waals surface area (Å²) in [6.07, 6.45) is -0.987. The number of benzene rings is 1. The van der Waals surface area contributed by atoms with E-state index in [-0.39, 0.29) is 11.6 Å². The average molecular weight is 378 g/mol. The van der Waals surface area contributed by atoms with Crippen molar-refractivity contribution in [2.24, 2.45) is 0 Å². The van der Waals surface area contributed by atoms with E-state index in [4.69, 9.17) is 11.6 Å². The van der Waals surface area contributed by atoms with Crippen LogP contribution < -0.4 is 0 Å². The summed E-state index contributed by atoms with van der Waals surface area (Å²) in [5.74, 6) is 0.933. The lowest BCUT2D eigenvalue weighted by Gasteiger charge is -2.11. The van der Waals surface area contributed by atoms with Crippen LogP contribution in [-0.4, -0.2) is 24.7 Å². The number of nitrogens with zero attached hydrogens (tertiary/aromatic N) is 4. The molecule has 0 bridgehead atoms. The molecule has 1 aliphatic rings. The Labute approximate surface area is 149 Å². The first-order valence-electron chi connectivity index (χ1n) is 8.01. The summed E-state index contributed by atoms with van der Waals surface area (Å²) in [6.45, 7) is 0. The molecule has 4 aromatic rings. The van der Waals surface area contributed by atoms with Gasteiger partial charge in [0, 0.05) is 11.3 Å². The minimum absolute atomic E-state index is 0.181. The van der Waals surface area contributed by atoms with E-state index in [9.17, 15) is 13.2 Å². The van der Waals surface area contributed by atoms with Crippen LogP contribution in [-0.2, 0) is 6.18 Å². The molecule has 1 saturated carbocycles. The Morgan fingerprint density at radius 3 is 2.69 bits per heavy atom. The minimum atomic E-state index is -4.52. The zero-order chi connectivity index (χ0) is 18.1. The Kier molecular flexibility index (Phi) is 3.13. The Morgan fingerprint density at radius 2 is 1.96 bits per heavy atom. The van der Waals surface area contributed by atoms with E-state index in [1.807, 2.05) is 6.07 Å². The van der Waals surface area contributed by atoms with Gasteiger partial charge in [-0.15, -0.1) is 0 Å². The van der Waals surface area contributed by atoms with Crippen molar-refractivity contribution >= 4 is 33.7 Å². The molecule has 0 radical (unpaired) electrons. The molecule has 1 N–H and O–H groups in total. The molecule has 3 heterocycles. The van der Waals surface area contributed by atoms with Gasteiger partial charge in [0.2, 0.25) is 0 Å². The van der Waals surface area contributed by atoms with Crippen molar-refractivity contribution in [2.45, 2.75) is 24.9 Å². The lowest BCUT2D eigenvalue weighted by Crippen LogP contribution is -2.09. The largest absolute Gasteiger partial charge is 0.433 e. The maximum absolute atomic E-state index is 13.1. The maximum atomic E-state index is 13.1. The lowest BCUT2D eigenvalue weighted by molar-refractivity contribution is -0.141. The predicted octanol–water partition coefficient (Wildman–Crippen LogP) is 4.85. The number of rotatable bonds is 2. The number of alkyl halides is 3. The number of nitrogens with one attached hydrogen (secondary N) is 1. The smallest absolute Gasteiger partial charge is 0.280 e. The Hall–Kier alpha value is -2.61. The fraction of sp³-hybridized carbons (Fsp3) is 0.235. The summed E-state index contributed by atoms with van der Waals surface area (Å²) in [6, 6.07) is 5.84. The van der Waals surface area contributed by atoms with Crippen LogP contribution >= 0.6 is 11.6 Å². The first kappa shape index (κ1) is 15.6. The van der Waals surface area contributed by atoms with E-state index in [0.29, 0.717) is 27.6 Å². The van der Waals surface area contributed by atoms with E-state index < -0.39 is 11.9 Å². The van der Waals surface area contributed by atoms with Gasteiger partial charge in [-0.05, 0) is 37.1 Å². The SMILES string of the molecule is FC(F)(F)c1ccc2nc(C3CC3)n(-c3cc(Cl)c4[nH]ncc4c3)c2n1. The van der Waals surface area contributed by atoms with Gasteiger partial charge in [-0.1, -0.05) is 11.6 Å². The molecule has 0 amide bonds. The summed E-state index contributed by atoms with van der Waals surface area (Å²) < 4.78 is 41.1. The second kappa shape index (κ2) is 5.20. The van der Waals surface area contributed by atoms with Crippen molar-refractivity contribution in [3.63, 3.8) is 0 Å². The Morgan fingerprint density at radius 1 is 1.15 bits per heavy atom. The molecule has 9 heteroatoms. The fourth-order valence-electron chi connectivity index (χ4n) is 3.13. The first-order valence-corrected chi connectivity index (χ1v) is 8.39. The van der Waals surface area contributed by atoms with Crippen molar-refractivity contribution in [1.82, 2.24) is 24.7 Å². The molecule has 0 aliphatic heterocycles. The van der Waals surface area contributed by atoms with Gasteiger partial charge in [0.1, 0.15) is 17.0 Å². The number of hydrogen-bond acceptors (Lipinski definition) is 3. The highest BCUT2D eigenvalue weighted by Crippen LogP contribution is 2.42. The standard InChI is InChI=1S/C17H11ClF3N5/c18-11-6-10(5-9-7-22-25-14(9)11)26-15(8-1-2-8)23-12-3-4-13(17(19,20)21)24-16(12)26/h3-8H,1-2H2,(H,22,25). The van der Waals surface area contributed by atoms with Crippen molar-refractivity contribution < 1.29 is 13.2 Å². The van der Waals surface area contributed by atoms with E-state index in [1.54, 1.807) is 16.8 Å². The molecule has 1 aliphatic carbocycles. The van der Waals surface area contributed by atoms with Gasteiger partial charge in [0.05, 0.1) is 22.4 Å². The minimum Gasteiger partial charge on any atom is -0.280 e. The van der Waals surface area contributed by atoms with Gasteiger partial charge in [-0.25, -0.2) is 9.97 Å². The number of imidazole rings is 1. The van der Waals surface area contributed by atoms with Gasteiger partial charge in [-0.2, -0.15) is 18.3 Å². The number of halogens is 4. The third-order valence-corrected chi connectivity index (χ3v) is 4.81. The van der Waals surface area contributed by atoms with Gasteiger partial charge in [0.25, 0.3) is 0 Å². The number of aromatic nitrogens is 5. The van der Waals surface area contributed by atoms with Crippen molar-refractivity contribution in [3.8, 4) is 5.69 Å². The summed E-state index contributed by atoms with van der Waals surface area (Å²) in [4.78, 5) is 8.40. The second-order valence-corrected chi connectivity index (χ2v) is 6.79. The molecule has 0 spiro atoms. The van der Waals surface area contributed by atoms with Crippen LogP contribution in [0.5, 0.6) is 0 Å². The van der Waals surface area contributed by atoms with Crippen LogP contribution in [0.1, 0.15) is 30.3 Å². The number of hydrogen-bond donors (Lipinski definition) is 1. The first-order chi connectivity index (χ1) is 12.4. The Bertz CT molecular complexity index is 1160. The second-order valence-electron chi connectivity index (χ2n) is 6.38. The van der Waals surface area contributed by atoms with E-state index in [1.165, 1.54) is 6.07 Å². The highest BCUT2D eigenvalue weighted by molar-refractivity contribution is 6.35. The maximum Gasteiger partial charge on any atom is 0.433 e. The highest BCUT2D eigenvalue weighted by atomic mass is 35.5. The van der Waals surface area contributed by atoms with Gasteiger partial charge < -0.3 is 0 Å². The zero-order valence-corrected chi connectivity index (χ0v) is 13.9. The summed E-state index contributed by atoms with van der Waals surface area (Å²) in [5, 5.41) is 7.97. The number of H-pyrrole nitrogens is 1. The summed E-state index contributed by atoms with van der Waals surface area (Å²) >= 11 is 6.32. The monoisotopic (exact) mass is 377 g/mol. The Balaban J connectivity index is 1.82. The van der Waals surface area contributed by atoms with E-state index in [0.717, 1.165) is 24.3 Å². The molecule has 5 rings (SSSR count). The topological polar surface area (TPSA) is 59.4 Å². The van der Waals surface area contributed by atoms with Gasteiger partial charge in [-0.3, -0.25) is 9.67 Å². The highest BCUT2D eigenvalue weighted by Gasteiger charge is 2.35. The molecule has 5 nitrogen and oxygen atoms in total. The molecule has 0 atom stereocenters. The number of fused-ring (bicyclic) bond motifs is 2. The number of aromatic amines is 1. The van der Waals surface area contributed by atoms with Crippen LogP contribution in [0, 0.1) is 0 Å².